The van der Waals surface area contributed by atoms with Crippen LogP contribution in [0.25, 0.3) is 0 Å². The van der Waals surface area contributed by atoms with Crippen molar-refractivity contribution in [3.63, 3.8) is 0 Å². The fraction of sp³-hybridized carbons (Fsp3) is 0.857. The van der Waals surface area contributed by atoms with Crippen LogP contribution in [0.3, 0.4) is 0 Å². The number of nitrogens with zero attached hydrogens (tertiary/aromatic N) is 2. The summed E-state index contributed by atoms with van der Waals surface area (Å²) in [6, 6.07) is 0. The normalized spacial score (nSPS) is 43.3. The van der Waals surface area contributed by atoms with Gasteiger partial charge in [-0.15, -0.1) is 11.6 Å². The van der Waals surface area contributed by atoms with Gasteiger partial charge in [-0.3, -0.25) is 0 Å². The first-order chi connectivity index (χ1) is 8.70. The van der Waals surface area contributed by atoms with E-state index in [1.165, 1.54) is 32.1 Å². The second-order valence-electron chi connectivity index (χ2n) is 6.56. The third-order valence-electron chi connectivity index (χ3n) is 5.33. The lowest BCUT2D eigenvalue weighted by atomic mass is 9.52. The van der Waals surface area contributed by atoms with E-state index in [1.54, 1.807) is 0 Å². The Labute approximate surface area is 112 Å². The van der Waals surface area contributed by atoms with E-state index in [0.29, 0.717) is 11.7 Å². The molecule has 0 spiro atoms. The number of halogens is 1. The number of alkyl halides is 1. The molecule has 0 saturated heterocycles. The highest BCUT2D eigenvalue weighted by Crippen LogP contribution is 2.59. The van der Waals surface area contributed by atoms with E-state index in [1.807, 2.05) is 6.92 Å². The second-order valence-corrected chi connectivity index (χ2v) is 7.22. The maximum absolute atomic E-state index is 6.02. The van der Waals surface area contributed by atoms with Crippen molar-refractivity contribution in [1.29, 1.82) is 0 Å². The molecule has 1 unspecified atom stereocenters. The zero-order valence-corrected chi connectivity index (χ0v) is 11.4. The van der Waals surface area contributed by atoms with Gasteiger partial charge in [-0.05, 0) is 62.7 Å². The summed E-state index contributed by atoms with van der Waals surface area (Å²) in [7, 11) is 0. The molecule has 5 rings (SSSR count). The van der Waals surface area contributed by atoms with Crippen LogP contribution in [0.15, 0.2) is 4.52 Å². The minimum Gasteiger partial charge on any atom is -0.339 e. The van der Waals surface area contributed by atoms with Crippen molar-refractivity contribution in [2.45, 2.75) is 50.3 Å². The smallest absolute Gasteiger partial charge is 0.230 e. The van der Waals surface area contributed by atoms with Crippen molar-refractivity contribution in [2.75, 3.05) is 0 Å². The number of hydrogen-bond donors (Lipinski definition) is 0. The summed E-state index contributed by atoms with van der Waals surface area (Å²) in [5.74, 6) is 5.60. The van der Waals surface area contributed by atoms with E-state index in [2.05, 4.69) is 10.1 Å². The van der Waals surface area contributed by atoms with Crippen molar-refractivity contribution in [2.24, 2.45) is 23.7 Å². The molecule has 1 heterocycles. The molecule has 4 heteroatoms. The van der Waals surface area contributed by atoms with Crippen LogP contribution in [0.2, 0.25) is 0 Å². The van der Waals surface area contributed by atoms with E-state index in [0.717, 1.165) is 29.6 Å². The predicted octanol–water partition coefficient (Wildman–Crippen LogP) is 3.91. The van der Waals surface area contributed by atoms with Crippen LogP contribution in [0, 0.1) is 23.7 Å². The Hall–Kier alpha value is -0.570. The second kappa shape index (κ2) is 3.96. The van der Waals surface area contributed by atoms with Gasteiger partial charge in [-0.2, -0.15) is 4.98 Å². The summed E-state index contributed by atoms with van der Waals surface area (Å²) >= 11 is 6.02. The summed E-state index contributed by atoms with van der Waals surface area (Å²) in [5.41, 5.74) is 0. The Morgan fingerprint density at radius 3 is 2.22 bits per heavy atom. The quantitative estimate of drug-likeness (QED) is 0.762. The van der Waals surface area contributed by atoms with Crippen LogP contribution in [-0.4, -0.2) is 10.1 Å². The molecule has 0 aliphatic heterocycles. The molecule has 4 fully saturated rings. The van der Waals surface area contributed by atoms with Crippen LogP contribution >= 0.6 is 11.6 Å². The Balaban J connectivity index is 1.64. The van der Waals surface area contributed by atoms with E-state index < -0.39 is 0 Å². The lowest BCUT2D eigenvalue weighted by Crippen LogP contribution is -2.43. The molecule has 1 aromatic heterocycles. The van der Waals surface area contributed by atoms with Crippen LogP contribution < -0.4 is 0 Å². The van der Waals surface area contributed by atoms with Crippen LogP contribution in [0.4, 0.5) is 0 Å². The molecule has 0 N–H and O–H groups in total. The highest BCUT2D eigenvalue weighted by atomic mass is 35.5. The fourth-order valence-corrected chi connectivity index (χ4v) is 4.96. The minimum absolute atomic E-state index is 0.153. The number of aromatic nitrogens is 2. The highest BCUT2D eigenvalue weighted by Gasteiger charge is 2.50. The zero-order valence-electron chi connectivity index (χ0n) is 10.7. The maximum Gasteiger partial charge on any atom is 0.230 e. The Kier molecular flexibility index (Phi) is 2.48. The first-order valence-electron chi connectivity index (χ1n) is 7.18. The maximum atomic E-state index is 6.02. The van der Waals surface area contributed by atoms with Gasteiger partial charge < -0.3 is 4.52 Å². The molecule has 4 bridgehead atoms. The first-order valence-corrected chi connectivity index (χ1v) is 7.62. The molecular formula is C14H19ClN2O. The predicted molar refractivity (Wildman–Crippen MR) is 68.4 cm³/mol. The SMILES string of the molecule is CC(Cl)c1noc(C2C3CC4CC(C3)CC2C4)n1. The Bertz CT molecular complexity index is 428. The van der Waals surface area contributed by atoms with Crippen LogP contribution in [0.1, 0.15) is 62.0 Å². The van der Waals surface area contributed by atoms with E-state index in [-0.39, 0.29) is 5.38 Å². The Morgan fingerprint density at radius 2 is 1.72 bits per heavy atom. The first kappa shape index (κ1) is 11.3. The summed E-state index contributed by atoms with van der Waals surface area (Å²) in [5, 5.41) is 3.88. The standard InChI is InChI=1S/C14H19ClN2O/c1-7(15)13-16-14(18-17-13)12-10-3-8-2-9(5-10)6-11(12)4-8/h7-12H,2-6H2,1H3. The van der Waals surface area contributed by atoms with Gasteiger partial charge in [0.05, 0.1) is 5.38 Å². The largest absolute Gasteiger partial charge is 0.339 e. The van der Waals surface area contributed by atoms with Gasteiger partial charge in [0, 0.05) is 5.92 Å². The molecule has 1 aromatic rings. The lowest BCUT2D eigenvalue weighted by Gasteiger charge is -2.53. The average Bonchev–Trinajstić information content (AvgIpc) is 2.77. The Morgan fingerprint density at radius 1 is 1.11 bits per heavy atom. The summed E-state index contributed by atoms with van der Waals surface area (Å²) in [4.78, 5) is 4.55. The van der Waals surface area contributed by atoms with Gasteiger partial charge in [0.25, 0.3) is 0 Å². The van der Waals surface area contributed by atoms with Crippen LogP contribution in [-0.2, 0) is 0 Å². The van der Waals surface area contributed by atoms with Gasteiger partial charge in [-0.1, -0.05) is 5.16 Å². The highest BCUT2D eigenvalue weighted by molar-refractivity contribution is 6.20. The van der Waals surface area contributed by atoms with Crippen molar-refractivity contribution in [1.82, 2.24) is 10.1 Å². The third kappa shape index (κ3) is 1.63. The van der Waals surface area contributed by atoms with E-state index in [4.69, 9.17) is 16.1 Å². The minimum atomic E-state index is -0.153. The van der Waals surface area contributed by atoms with E-state index >= 15 is 0 Å². The molecule has 18 heavy (non-hydrogen) atoms. The van der Waals surface area contributed by atoms with Gasteiger partial charge >= 0.3 is 0 Å². The van der Waals surface area contributed by atoms with Gasteiger partial charge in [0.2, 0.25) is 5.89 Å². The van der Waals surface area contributed by atoms with Gasteiger partial charge in [0.15, 0.2) is 5.82 Å². The molecule has 1 atom stereocenters. The topological polar surface area (TPSA) is 38.9 Å². The molecule has 4 aliphatic carbocycles. The summed E-state index contributed by atoms with van der Waals surface area (Å²) in [6.07, 6.45) is 7.00. The van der Waals surface area contributed by atoms with Gasteiger partial charge in [-0.25, -0.2) is 0 Å². The van der Waals surface area contributed by atoms with E-state index in [9.17, 15) is 0 Å². The van der Waals surface area contributed by atoms with Crippen molar-refractivity contribution in [3.05, 3.63) is 11.7 Å². The van der Waals surface area contributed by atoms with Crippen molar-refractivity contribution in [3.8, 4) is 0 Å². The molecule has 98 valence electrons. The van der Waals surface area contributed by atoms with Crippen LogP contribution in [0.5, 0.6) is 0 Å². The van der Waals surface area contributed by atoms with Crippen molar-refractivity contribution < 1.29 is 4.52 Å². The number of rotatable bonds is 2. The van der Waals surface area contributed by atoms with Crippen molar-refractivity contribution >= 4 is 11.6 Å². The molecule has 3 nitrogen and oxygen atoms in total. The van der Waals surface area contributed by atoms with Gasteiger partial charge in [0.1, 0.15) is 0 Å². The fourth-order valence-electron chi connectivity index (χ4n) is 4.87. The third-order valence-corrected chi connectivity index (χ3v) is 5.52. The summed E-state index contributed by atoms with van der Waals surface area (Å²) in [6.45, 7) is 1.90. The monoisotopic (exact) mass is 266 g/mol. The summed E-state index contributed by atoms with van der Waals surface area (Å²) < 4.78 is 5.51. The molecule has 0 amide bonds. The zero-order chi connectivity index (χ0) is 12.3. The molecule has 0 radical (unpaired) electrons. The lowest BCUT2D eigenvalue weighted by molar-refractivity contribution is -0.0131. The molecule has 4 saturated carbocycles. The average molecular weight is 267 g/mol. The molecular weight excluding hydrogens is 248 g/mol. The molecule has 0 aromatic carbocycles. The number of hydrogen-bond acceptors (Lipinski definition) is 3. The molecule has 4 aliphatic rings.